The van der Waals surface area contributed by atoms with Crippen LogP contribution in [0.5, 0.6) is 0 Å². The van der Waals surface area contributed by atoms with Crippen molar-refractivity contribution < 1.29 is 18.0 Å². The summed E-state index contributed by atoms with van der Waals surface area (Å²) in [5, 5.41) is 18.1. The Kier molecular flexibility index (Phi) is 4.13. The Morgan fingerprint density at radius 3 is 2.82 bits per heavy atom. The molecule has 2 aliphatic heterocycles. The van der Waals surface area contributed by atoms with Gasteiger partial charge in [0.05, 0.1) is 23.5 Å². The number of alkyl halides is 3. The van der Waals surface area contributed by atoms with Crippen LogP contribution in [-0.4, -0.2) is 46.0 Å². The molecule has 0 radical (unpaired) electrons. The number of rotatable bonds is 3. The van der Waals surface area contributed by atoms with Crippen LogP contribution in [0.15, 0.2) is 35.7 Å². The summed E-state index contributed by atoms with van der Waals surface area (Å²) in [6.07, 6.45) is 0.0224. The highest BCUT2D eigenvalue weighted by atomic mass is 19.4. The summed E-state index contributed by atoms with van der Waals surface area (Å²) in [5.41, 5.74) is 6.03. The molecule has 1 aromatic heterocycles. The topological polar surface area (TPSA) is 111 Å². The number of nitrogens with one attached hydrogen (secondary N) is 3. The van der Waals surface area contributed by atoms with E-state index in [0.717, 1.165) is 10.9 Å². The molecule has 2 aromatic rings. The molecule has 0 bridgehead atoms. The standard InChI is InChI=1S/C18H17F3N6O/c19-18(20,21)17(23)9(7-22)13-6-14(27-5-1-2-15(27)28)16-10-8-24-26-11(10)3-4-12(16)25-13/h3-4,6-8,13,22,25H,1-2,5,23H2,(H,24,26). The molecule has 7 nitrogen and oxygen atoms in total. The van der Waals surface area contributed by atoms with Crippen molar-refractivity contribution in [2.75, 3.05) is 11.9 Å². The number of H-pyrrole nitrogens is 1. The highest BCUT2D eigenvalue weighted by Crippen LogP contribution is 2.40. The number of anilines is 1. The van der Waals surface area contributed by atoms with Crippen molar-refractivity contribution in [2.45, 2.75) is 25.1 Å². The van der Waals surface area contributed by atoms with Gasteiger partial charge < -0.3 is 21.4 Å². The first-order valence-electron chi connectivity index (χ1n) is 8.63. The SMILES string of the molecule is N=CC(=C(N)C(F)(F)F)C1C=C(N2CCCC2=O)c2c(ccc3[nH]ncc23)N1. The molecule has 1 atom stereocenters. The third-order valence-electron chi connectivity index (χ3n) is 4.99. The molecule has 1 fully saturated rings. The summed E-state index contributed by atoms with van der Waals surface area (Å²) in [7, 11) is 0. The molecule has 1 saturated heterocycles. The number of amides is 1. The molecule has 0 aliphatic carbocycles. The maximum Gasteiger partial charge on any atom is 0.431 e. The predicted molar refractivity (Wildman–Crippen MR) is 98.5 cm³/mol. The second kappa shape index (κ2) is 6.39. The second-order valence-electron chi connectivity index (χ2n) is 6.65. The predicted octanol–water partition coefficient (Wildman–Crippen LogP) is 2.74. The molecule has 0 spiro atoms. The van der Waals surface area contributed by atoms with E-state index in [9.17, 15) is 18.0 Å². The van der Waals surface area contributed by atoms with E-state index in [1.54, 1.807) is 23.2 Å². The van der Waals surface area contributed by atoms with Gasteiger partial charge in [-0.3, -0.25) is 9.89 Å². The monoisotopic (exact) mass is 390 g/mol. The number of carbonyl (C=O) groups excluding carboxylic acids is 1. The molecule has 5 N–H and O–H groups in total. The van der Waals surface area contributed by atoms with E-state index in [0.29, 0.717) is 42.5 Å². The third-order valence-corrected chi connectivity index (χ3v) is 4.99. The molecule has 1 unspecified atom stereocenters. The lowest BCUT2D eigenvalue weighted by Crippen LogP contribution is -2.34. The van der Waals surface area contributed by atoms with Crippen LogP contribution in [0.25, 0.3) is 16.6 Å². The van der Waals surface area contributed by atoms with Crippen LogP contribution >= 0.6 is 0 Å². The van der Waals surface area contributed by atoms with Crippen molar-refractivity contribution in [3.05, 3.63) is 41.2 Å². The summed E-state index contributed by atoms with van der Waals surface area (Å²) in [5.74, 6) is -0.0949. The Bertz CT molecular complexity index is 1040. The number of carbonyl (C=O) groups is 1. The number of fused-ring (bicyclic) bond motifs is 3. The zero-order valence-corrected chi connectivity index (χ0v) is 14.6. The number of hydrogen-bond donors (Lipinski definition) is 4. The third kappa shape index (κ3) is 2.81. The van der Waals surface area contributed by atoms with E-state index < -0.39 is 23.5 Å². The Morgan fingerprint density at radius 1 is 1.39 bits per heavy atom. The molecule has 1 amide bonds. The fourth-order valence-corrected chi connectivity index (χ4v) is 3.66. The number of nitrogens with two attached hydrogens (primary N) is 1. The highest BCUT2D eigenvalue weighted by molar-refractivity contribution is 6.03. The van der Waals surface area contributed by atoms with Crippen LogP contribution in [0.4, 0.5) is 18.9 Å². The first kappa shape index (κ1) is 18.1. The van der Waals surface area contributed by atoms with Crippen LogP contribution in [0.3, 0.4) is 0 Å². The molecule has 28 heavy (non-hydrogen) atoms. The van der Waals surface area contributed by atoms with Gasteiger partial charge in [0.2, 0.25) is 5.91 Å². The summed E-state index contributed by atoms with van der Waals surface area (Å²) in [6.45, 7) is 0.476. The first-order valence-corrected chi connectivity index (χ1v) is 8.63. The van der Waals surface area contributed by atoms with E-state index in [1.165, 1.54) is 6.08 Å². The molecule has 4 rings (SSSR count). The fraction of sp³-hybridized carbons (Fsp3) is 0.278. The molecular weight excluding hydrogens is 373 g/mol. The number of aromatic nitrogens is 2. The zero-order chi connectivity index (χ0) is 20.1. The smallest absolute Gasteiger partial charge is 0.394 e. The van der Waals surface area contributed by atoms with Gasteiger partial charge in [0.15, 0.2) is 0 Å². The minimum atomic E-state index is -4.76. The van der Waals surface area contributed by atoms with Gasteiger partial charge in [0.25, 0.3) is 0 Å². The van der Waals surface area contributed by atoms with Crippen molar-refractivity contribution in [3.8, 4) is 0 Å². The Labute approximate surface area is 157 Å². The Morgan fingerprint density at radius 2 is 2.18 bits per heavy atom. The van der Waals surface area contributed by atoms with Gasteiger partial charge in [0.1, 0.15) is 5.70 Å². The Balaban J connectivity index is 1.92. The van der Waals surface area contributed by atoms with Gasteiger partial charge in [-0.2, -0.15) is 18.3 Å². The number of likely N-dealkylation sites (tertiary alicyclic amines) is 1. The van der Waals surface area contributed by atoms with Crippen LogP contribution < -0.4 is 11.1 Å². The lowest BCUT2D eigenvalue weighted by Gasteiger charge is -2.32. The second-order valence-corrected chi connectivity index (χ2v) is 6.65. The zero-order valence-electron chi connectivity index (χ0n) is 14.6. The molecule has 3 heterocycles. The summed E-state index contributed by atoms with van der Waals surface area (Å²) in [6, 6.07) is 2.46. The largest absolute Gasteiger partial charge is 0.431 e. The quantitative estimate of drug-likeness (QED) is 0.604. The van der Waals surface area contributed by atoms with Crippen molar-refractivity contribution >= 4 is 34.4 Å². The van der Waals surface area contributed by atoms with Crippen molar-refractivity contribution in [1.82, 2.24) is 15.1 Å². The average molecular weight is 390 g/mol. The fourth-order valence-electron chi connectivity index (χ4n) is 3.66. The maximum absolute atomic E-state index is 13.2. The van der Waals surface area contributed by atoms with Crippen LogP contribution in [0.2, 0.25) is 0 Å². The summed E-state index contributed by atoms with van der Waals surface area (Å²) in [4.78, 5) is 14.0. The van der Waals surface area contributed by atoms with E-state index in [2.05, 4.69) is 15.5 Å². The van der Waals surface area contributed by atoms with Gasteiger partial charge >= 0.3 is 6.18 Å². The molecule has 1 aromatic carbocycles. The van der Waals surface area contributed by atoms with Crippen LogP contribution in [0.1, 0.15) is 18.4 Å². The van der Waals surface area contributed by atoms with Crippen LogP contribution in [-0.2, 0) is 4.79 Å². The lowest BCUT2D eigenvalue weighted by atomic mass is 9.93. The van der Waals surface area contributed by atoms with E-state index in [4.69, 9.17) is 11.1 Å². The molecular formula is C18H17F3N6O. The Hall–Kier alpha value is -3.30. The minimum absolute atomic E-state index is 0.0949. The van der Waals surface area contributed by atoms with Crippen LogP contribution in [0, 0.1) is 5.41 Å². The number of nitrogens with zero attached hydrogens (tertiary/aromatic N) is 2. The number of hydrogen-bond acceptors (Lipinski definition) is 5. The van der Waals surface area contributed by atoms with Crippen molar-refractivity contribution in [2.24, 2.45) is 5.73 Å². The van der Waals surface area contributed by atoms with Gasteiger partial charge in [-0.05, 0) is 24.6 Å². The minimum Gasteiger partial charge on any atom is -0.394 e. The van der Waals surface area contributed by atoms with E-state index >= 15 is 0 Å². The normalized spacial score (nSPS) is 20.5. The first-order chi connectivity index (χ1) is 13.3. The highest BCUT2D eigenvalue weighted by Gasteiger charge is 2.37. The average Bonchev–Trinajstić information content (AvgIpc) is 3.29. The summed E-state index contributed by atoms with van der Waals surface area (Å²) < 4.78 is 39.5. The lowest BCUT2D eigenvalue weighted by molar-refractivity contribution is -0.124. The maximum atomic E-state index is 13.2. The van der Waals surface area contributed by atoms with Gasteiger partial charge in [-0.25, -0.2) is 0 Å². The number of halogens is 3. The number of benzene rings is 1. The molecule has 146 valence electrons. The van der Waals surface area contributed by atoms with Crippen molar-refractivity contribution in [3.63, 3.8) is 0 Å². The number of aromatic amines is 1. The number of allylic oxidation sites excluding steroid dienone is 1. The van der Waals surface area contributed by atoms with E-state index in [-0.39, 0.29) is 5.91 Å². The molecule has 2 aliphatic rings. The van der Waals surface area contributed by atoms with Crippen molar-refractivity contribution in [1.29, 1.82) is 5.41 Å². The van der Waals surface area contributed by atoms with Gasteiger partial charge in [-0.1, -0.05) is 0 Å². The van der Waals surface area contributed by atoms with Gasteiger partial charge in [-0.15, -0.1) is 0 Å². The summed E-state index contributed by atoms with van der Waals surface area (Å²) >= 11 is 0. The molecule has 0 saturated carbocycles. The molecule has 10 heteroatoms. The van der Waals surface area contributed by atoms with Gasteiger partial charge in [0, 0.05) is 41.4 Å². The van der Waals surface area contributed by atoms with E-state index in [1.807, 2.05) is 0 Å².